The first-order valence-corrected chi connectivity index (χ1v) is 9.40. The zero-order valence-corrected chi connectivity index (χ0v) is 16.1. The Morgan fingerprint density at radius 1 is 1.04 bits per heavy atom. The summed E-state index contributed by atoms with van der Waals surface area (Å²) in [6.45, 7) is 0. The van der Waals surface area contributed by atoms with Gasteiger partial charge in [-0.1, -0.05) is 35.1 Å². The first-order valence-electron chi connectivity index (χ1n) is 8.41. The molecule has 0 spiro atoms. The molecule has 0 N–H and O–H groups in total. The van der Waals surface area contributed by atoms with Crippen molar-refractivity contribution in [2.75, 3.05) is 14.2 Å². The van der Waals surface area contributed by atoms with E-state index in [2.05, 4.69) is 20.3 Å². The standard InChI is InChI=1S/C19H17N5O3S/c1-25-15-9-8-13(10-16(15)26-2)18-21-17(27-23-18)11-28-19-22-20-12-24(19)14-6-4-3-5-7-14/h3-10,12H,11H2,1-2H3. The number of nitrogens with zero attached hydrogens (tertiary/aromatic N) is 5. The van der Waals surface area contributed by atoms with E-state index >= 15 is 0 Å². The van der Waals surface area contributed by atoms with Crippen molar-refractivity contribution in [3.8, 4) is 28.6 Å². The number of thioether (sulfide) groups is 1. The van der Waals surface area contributed by atoms with Crippen LogP contribution in [0.2, 0.25) is 0 Å². The normalized spacial score (nSPS) is 10.8. The Labute approximate surface area is 165 Å². The molecule has 4 rings (SSSR count). The predicted octanol–water partition coefficient (Wildman–Crippen LogP) is 3.63. The van der Waals surface area contributed by atoms with Crippen molar-refractivity contribution in [2.24, 2.45) is 0 Å². The molecule has 0 radical (unpaired) electrons. The smallest absolute Gasteiger partial charge is 0.237 e. The minimum atomic E-state index is 0.478. The fourth-order valence-corrected chi connectivity index (χ4v) is 3.39. The molecule has 9 heteroatoms. The van der Waals surface area contributed by atoms with E-state index in [1.165, 1.54) is 11.8 Å². The molecule has 142 valence electrons. The van der Waals surface area contributed by atoms with Crippen LogP contribution in [-0.4, -0.2) is 39.1 Å². The molecule has 28 heavy (non-hydrogen) atoms. The highest BCUT2D eigenvalue weighted by Crippen LogP contribution is 2.31. The summed E-state index contributed by atoms with van der Waals surface area (Å²) in [7, 11) is 3.18. The quantitative estimate of drug-likeness (QED) is 0.438. The molecule has 0 fully saturated rings. The van der Waals surface area contributed by atoms with E-state index in [1.54, 1.807) is 26.6 Å². The van der Waals surface area contributed by atoms with E-state index in [-0.39, 0.29) is 0 Å². The van der Waals surface area contributed by atoms with E-state index in [0.29, 0.717) is 29.0 Å². The Kier molecular flexibility index (Phi) is 5.24. The van der Waals surface area contributed by atoms with Crippen LogP contribution in [0, 0.1) is 0 Å². The number of ether oxygens (including phenoxy) is 2. The van der Waals surface area contributed by atoms with Gasteiger partial charge in [0.15, 0.2) is 16.7 Å². The van der Waals surface area contributed by atoms with Crippen molar-refractivity contribution in [1.29, 1.82) is 0 Å². The third-order valence-electron chi connectivity index (χ3n) is 3.99. The van der Waals surface area contributed by atoms with Gasteiger partial charge in [0.2, 0.25) is 11.7 Å². The highest BCUT2D eigenvalue weighted by Gasteiger charge is 2.14. The van der Waals surface area contributed by atoms with Gasteiger partial charge in [0.25, 0.3) is 0 Å². The van der Waals surface area contributed by atoms with Crippen LogP contribution in [0.1, 0.15) is 5.89 Å². The maximum absolute atomic E-state index is 5.38. The second-order valence-corrected chi connectivity index (χ2v) is 6.63. The average molecular weight is 395 g/mol. The van der Waals surface area contributed by atoms with Gasteiger partial charge in [-0.25, -0.2) is 0 Å². The molecule has 0 aliphatic carbocycles. The van der Waals surface area contributed by atoms with Gasteiger partial charge in [0, 0.05) is 11.3 Å². The van der Waals surface area contributed by atoms with Crippen LogP contribution in [0.4, 0.5) is 0 Å². The molecule has 0 aliphatic rings. The Morgan fingerprint density at radius 2 is 1.86 bits per heavy atom. The average Bonchev–Trinajstić information content (AvgIpc) is 3.42. The van der Waals surface area contributed by atoms with Crippen LogP contribution in [0.5, 0.6) is 11.5 Å². The van der Waals surface area contributed by atoms with Crippen molar-refractivity contribution in [3.05, 3.63) is 60.7 Å². The van der Waals surface area contributed by atoms with E-state index < -0.39 is 0 Å². The molecule has 0 saturated heterocycles. The van der Waals surface area contributed by atoms with Gasteiger partial charge in [-0.3, -0.25) is 4.57 Å². The summed E-state index contributed by atoms with van der Waals surface area (Å²) in [5, 5.41) is 13.0. The molecule has 0 amide bonds. The summed E-state index contributed by atoms with van der Waals surface area (Å²) < 4.78 is 17.9. The zero-order chi connectivity index (χ0) is 19.3. The SMILES string of the molecule is COc1ccc(-c2noc(CSc3nncn3-c3ccccc3)n2)cc1OC. The van der Waals surface area contributed by atoms with Crippen LogP contribution >= 0.6 is 11.8 Å². The first-order chi connectivity index (χ1) is 13.8. The lowest BCUT2D eigenvalue weighted by atomic mass is 10.2. The summed E-state index contributed by atoms with van der Waals surface area (Å²) in [6, 6.07) is 15.4. The lowest BCUT2D eigenvalue weighted by Crippen LogP contribution is -1.95. The number of rotatable bonds is 7. The number of benzene rings is 2. The summed E-state index contributed by atoms with van der Waals surface area (Å²) >= 11 is 1.47. The Morgan fingerprint density at radius 3 is 2.64 bits per heavy atom. The van der Waals surface area contributed by atoms with Crippen LogP contribution in [0.15, 0.2) is 64.5 Å². The van der Waals surface area contributed by atoms with E-state index in [4.69, 9.17) is 14.0 Å². The number of aromatic nitrogens is 5. The fourth-order valence-electron chi connectivity index (χ4n) is 2.62. The van der Waals surface area contributed by atoms with Crippen molar-refractivity contribution in [2.45, 2.75) is 10.9 Å². The summed E-state index contributed by atoms with van der Waals surface area (Å²) in [6.07, 6.45) is 1.68. The summed E-state index contributed by atoms with van der Waals surface area (Å²) in [5.74, 6) is 2.71. The minimum Gasteiger partial charge on any atom is -0.493 e. The molecule has 0 atom stereocenters. The lowest BCUT2D eigenvalue weighted by molar-refractivity contribution is 0.355. The van der Waals surface area contributed by atoms with Gasteiger partial charge in [-0.15, -0.1) is 10.2 Å². The third kappa shape index (κ3) is 3.70. The van der Waals surface area contributed by atoms with E-state index in [1.807, 2.05) is 47.0 Å². The van der Waals surface area contributed by atoms with E-state index in [0.717, 1.165) is 16.4 Å². The summed E-state index contributed by atoms with van der Waals surface area (Å²) in [5.41, 5.74) is 1.77. The lowest BCUT2D eigenvalue weighted by Gasteiger charge is -2.07. The molecule has 0 saturated carbocycles. The van der Waals surface area contributed by atoms with Gasteiger partial charge in [0.05, 0.1) is 20.0 Å². The largest absolute Gasteiger partial charge is 0.493 e. The highest BCUT2D eigenvalue weighted by atomic mass is 32.2. The summed E-state index contributed by atoms with van der Waals surface area (Å²) in [4.78, 5) is 4.46. The van der Waals surface area contributed by atoms with Gasteiger partial charge in [-0.2, -0.15) is 4.98 Å². The molecule has 8 nitrogen and oxygen atoms in total. The molecule has 0 aliphatic heterocycles. The van der Waals surface area contributed by atoms with Gasteiger partial charge >= 0.3 is 0 Å². The Balaban J connectivity index is 1.49. The zero-order valence-electron chi connectivity index (χ0n) is 15.3. The molecular formula is C19H17N5O3S. The highest BCUT2D eigenvalue weighted by molar-refractivity contribution is 7.98. The Hall–Kier alpha value is -3.33. The maximum Gasteiger partial charge on any atom is 0.237 e. The number of hydrogen-bond donors (Lipinski definition) is 0. The van der Waals surface area contributed by atoms with Crippen LogP contribution in [0.25, 0.3) is 17.1 Å². The topological polar surface area (TPSA) is 88.1 Å². The van der Waals surface area contributed by atoms with E-state index in [9.17, 15) is 0 Å². The maximum atomic E-state index is 5.38. The van der Waals surface area contributed by atoms with Crippen LogP contribution in [-0.2, 0) is 5.75 Å². The molecule has 2 aromatic heterocycles. The monoisotopic (exact) mass is 395 g/mol. The van der Waals surface area contributed by atoms with Crippen molar-refractivity contribution in [3.63, 3.8) is 0 Å². The second kappa shape index (κ2) is 8.13. The Bertz CT molecular complexity index is 1060. The predicted molar refractivity (Wildman–Crippen MR) is 104 cm³/mol. The van der Waals surface area contributed by atoms with Crippen molar-refractivity contribution < 1.29 is 14.0 Å². The molecule has 2 heterocycles. The molecule has 0 bridgehead atoms. The van der Waals surface area contributed by atoms with Gasteiger partial charge in [-0.05, 0) is 30.3 Å². The molecule has 4 aromatic rings. The first kappa shape index (κ1) is 18.1. The molecule has 0 unspecified atom stereocenters. The second-order valence-electron chi connectivity index (χ2n) is 5.69. The number of para-hydroxylation sites is 1. The minimum absolute atomic E-state index is 0.478. The fraction of sp³-hybridized carbons (Fsp3) is 0.158. The van der Waals surface area contributed by atoms with Gasteiger partial charge < -0.3 is 14.0 Å². The number of hydrogen-bond acceptors (Lipinski definition) is 8. The van der Waals surface area contributed by atoms with Crippen LogP contribution in [0.3, 0.4) is 0 Å². The third-order valence-corrected chi connectivity index (χ3v) is 4.91. The van der Waals surface area contributed by atoms with Crippen LogP contribution < -0.4 is 9.47 Å². The number of methoxy groups -OCH3 is 2. The van der Waals surface area contributed by atoms with Crippen molar-refractivity contribution in [1.82, 2.24) is 24.9 Å². The molecular weight excluding hydrogens is 378 g/mol. The molecule has 2 aromatic carbocycles. The van der Waals surface area contributed by atoms with Crippen molar-refractivity contribution >= 4 is 11.8 Å². The van der Waals surface area contributed by atoms with Gasteiger partial charge in [0.1, 0.15) is 6.33 Å².